The fourth-order valence-corrected chi connectivity index (χ4v) is 2.65. The van der Waals surface area contributed by atoms with Crippen LogP contribution in [0.3, 0.4) is 0 Å². The molecule has 5 nitrogen and oxygen atoms in total. The number of fused-ring (bicyclic) bond motifs is 1. The molecule has 1 aliphatic heterocycles. The molecule has 3 N–H and O–H groups in total. The number of aromatic nitrogens is 2. The molecule has 1 aliphatic rings. The number of imidazole rings is 1. The highest BCUT2D eigenvalue weighted by atomic mass is 79.9. The summed E-state index contributed by atoms with van der Waals surface area (Å²) < 4.78 is 3.31. The van der Waals surface area contributed by atoms with Crippen molar-refractivity contribution in [3.63, 3.8) is 0 Å². The minimum atomic E-state index is 0.0352. The number of hydrogen-bond donors (Lipinski definition) is 2. The predicted octanol–water partition coefficient (Wildman–Crippen LogP) is 3.49. The molecule has 7 heteroatoms. The lowest BCUT2D eigenvalue weighted by Crippen LogP contribution is -1.95. The number of benzene rings is 1. The molecular weight excluding hydrogens is 388 g/mol. The first-order valence-electron chi connectivity index (χ1n) is 5.73. The van der Waals surface area contributed by atoms with Crippen molar-refractivity contribution in [1.82, 2.24) is 9.55 Å². The molecule has 20 heavy (non-hydrogen) atoms. The van der Waals surface area contributed by atoms with Gasteiger partial charge in [-0.25, -0.2) is 4.98 Å². The Balaban J connectivity index is 2.11. The molecule has 0 aliphatic carbocycles. The SMILES string of the molecule is Cn1c(N)nc(C=C2C=Nc3cc(Br)c(Br)cc32)c1O. The van der Waals surface area contributed by atoms with Crippen LogP contribution >= 0.6 is 31.9 Å². The Bertz CT molecular complexity index is 777. The van der Waals surface area contributed by atoms with Crippen molar-refractivity contribution >= 4 is 61.4 Å². The normalized spacial score (nSPS) is 15.1. The van der Waals surface area contributed by atoms with Crippen molar-refractivity contribution in [2.75, 3.05) is 5.73 Å². The van der Waals surface area contributed by atoms with Crippen molar-refractivity contribution in [2.45, 2.75) is 0 Å². The lowest BCUT2D eigenvalue weighted by molar-refractivity contribution is 0.432. The number of nitrogen functional groups attached to an aromatic ring is 1. The third kappa shape index (κ3) is 2.06. The Kier molecular flexibility index (Phi) is 3.18. The topological polar surface area (TPSA) is 76.4 Å². The number of anilines is 1. The number of halogens is 2. The summed E-state index contributed by atoms with van der Waals surface area (Å²) in [5.41, 5.74) is 8.82. The van der Waals surface area contributed by atoms with Crippen molar-refractivity contribution in [1.29, 1.82) is 0 Å². The molecule has 0 atom stereocenters. The van der Waals surface area contributed by atoms with Gasteiger partial charge in [-0.3, -0.25) is 9.56 Å². The maximum atomic E-state index is 9.94. The van der Waals surface area contributed by atoms with Gasteiger partial charge in [-0.15, -0.1) is 0 Å². The van der Waals surface area contributed by atoms with E-state index in [9.17, 15) is 5.11 Å². The van der Waals surface area contributed by atoms with Crippen LogP contribution in [0.1, 0.15) is 11.3 Å². The highest BCUT2D eigenvalue weighted by Crippen LogP contribution is 2.39. The molecule has 1 aromatic carbocycles. The molecule has 0 bridgehead atoms. The second-order valence-corrected chi connectivity index (χ2v) is 6.09. The van der Waals surface area contributed by atoms with E-state index in [-0.39, 0.29) is 11.8 Å². The van der Waals surface area contributed by atoms with Crippen LogP contribution in [-0.2, 0) is 7.05 Å². The summed E-state index contributed by atoms with van der Waals surface area (Å²) in [5, 5.41) is 9.94. The summed E-state index contributed by atoms with van der Waals surface area (Å²) >= 11 is 6.92. The summed E-state index contributed by atoms with van der Waals surface area (Å²) in [4.78, 5) is 8.46. The zero-order chi connectivity index (χ0) is 14.4. The summed E-state index contributed by atoms with van der Waals surface area (Å²) in [6.45, 7) is 0. The first-order valence-corrected chi connectivity index (χ1v) is 7.32. The quantitative estimate of drug-likeness (QED) is 0.773. The fraction of sp³-hybridized carbons (Fsp3) is 0.0769. The van der Waals surface area contributed by atoms with Gasteiger partial charge in [-0.05, 0) is 50.1 Å². The number of nitrogens with zero attached hydrogens (tertiary/aromatic N) is 3. The average molecular weight is 398 g/mol. The third-order valence-corrected chi connectivity index (χ3v) is 4.95. The van der Waals surface area contributed by atoms with Gasteiger partial charge in [0.2, 0.25) is 11.8 Å². The van der Waals surface area contributed by atoms with Crippen LogP contribution in [0.15, 0.2) is 26.1 Å². The Labute approximate surface area is 132 Å². The van der Waals surface area contributed by atoms with Crippen molar-refractivity contribution in [3.8, 4) is 5.88 Å². The first-order chi connectivity index (χ1) is 9.47. The second kappa shape index (κ2) is 4.75. The highest BCUT2D eigenvalue weighted by Gasteiger charge is 2.17. The van der Waals surface area contributed by atoms with E-state index in [0.29, 0.717) is 5.69 Å². The van der Waals surface area contributed by atoms with Crippen molar-refractivity contribution in [2.24, 2.45) is 12.0 Å². The van der Waals surface area contributed by atoms with E-state index in [1.54, 1.807) is 19.3 Å². The van der Waals surface area contributed by atoms with Gasteiger partial charge in [0.1, 0.15) is 5.69 Å². The van der Waals surface area contributed by atoms with E-state index in [1.807, 2.05) is 12.1 Å². The molecule has 2 heterocycles. The Morgan fingerprint density at radius 1 is 1.30 bits per heavy atom. The van der Waals surface area contributed by atoms with Crippen LogP contribution in [0, 0.1) is 0 Å². The van der Waals surface area contributed by atoms with E-state index in [4.69, 9.17) is 5.73 Å². The minimum Gasteiger partial charge on any atom is -0.493 e. The molecular formula is C13H10Br2N4O. The van der Waals surface area contributed by atoms with Crippen LogP contribution in [0.25, 0.3) is 11.6 Å². The van der Waals surface area contributed by atoms with E-state index >= 15 is 0 Å². The third-order valence-electron chi connectivity index (χ3n) is 3.11. The standard InChI is InChI=1S/C13H10Br2N4O/c1-19-12(20)11(18-13(19)16)2-6-5-17-10-4-9(15)8(14)3-7(6)10/h2-5,20H,1H3,(H2,16,18). The molecule has 0 spiro atoms. The molecule has 0 saturated heterocycles. The maximum absolute atomic E-state index is 9.94. The monoisotopic (exact) mass is 396 g/mol. The fourth-order valence-electron chi connectivity index (χ4n) is 1.97. The molecule has 3 rings (SSSR count). The largest absolute Gasteiger partial charge is 0.493 e. The van der Waals surface area contributed by atoms with Gasteiger partial charge in [-0.2, -0.15) is 0 Å². The highest BCUT2D eigenvalue weighted by molar-refractivity contribution is 9.13. The molecule has 0 fully saturated rings. The maximum Gasteiger partial charge on any atom is 0.220 e. The van der Waals surface area contributed by atoms with Gasteiger partial charge >= 0.3 is 0 Å². The van der Waals surface area contributed by atoms with E-state index in [1.165, 1.54) is 4.57 Å². The number of aliphatic imine (C=N–C) groups is 1. The number of allylic oxidation sites excluding steroid dienone is 1. The summed E-state index contributed by atoms with van der Waals surface area (Å²) in [7, 11) is 1.66. The molecule has 0 radical (unpaired) electrons. The number of rotatable bonds is 1. The Hall–Kier alpha value is -1.60. The van der Waals surface area contributed by atoms with E-state index in [2.05, 4.69) is 41.8 Å². The van der Waals surface area contributed by atoms with Gasteiger partial charge in [0.05, 0.1) is 5.69 Å². The van der Waals surface area contributed by atoms with Crippen LogP contribution in [0.2, 0.25) is 0 Å². The minimum absolute atomic E-state index is 0.0352. The molecule has 2 aromatic rings. The molecule has 102 valence electrons. The smallest absolute Gasteiger partial charge is 0.220 e. The van der Waals surface area contributed by atoms with E-state index in [0.717, 1.165) is 25.8 Å². The number of aromatic hydroxyl groups is 1. The predicted molar refractivity (Wildman–Crippen MR) is 87.2 cm³/mol. The van der Waals surface area contributed by atoms with E-state index < -0.39 is 0 Å². The van der Waals surface area contributed by atoms with Gasteiger partial charge in [0, 0.05) is 33.3 Å². The number of hydrogen-bond acceptors (Lipinski definition) is 4. The summed E-state index contributed by atoms with van der Waals surface area (Å²) in [6, 6.07) is 3.91. The first kappa shape index (κ1) is 13.4. The Morgan fingerprint density at radius 3 is 2.65 bits per heavy atom. The molecule has 1 aromatic heterocycles. The number of nitrogens with two attached hydrogens (primary N) is 1. The van der Waals surface area contributed by atoms with Gasteiger partial charge in [0.25, 0.3) is 0 Å². The van der Waals surface area contributed by atoms with Crippen molar-refractivity contribution < 1.29 is 5.11 Å². The summed E-state index contributed by atoms with van der Waals surface area (Å²) in [6.07, 6.45) is 3.51. The molecule has 0 amide bonds. The van der Waals surface area contributed by atoms with Gasteiger partial charge in [0.15, 0.2) is 0 Å². The van der Waals surface area contributed by atoms with Crippen LogP contribution in [0.4, 0.5) is 11.6 Å². The van der Waals surface area contributed by atoms with Crippen LogP contribution in [0.5, 0.6) is 5.88 Å². The lowest BCUT2D eigenvalue weighted by Gasteiger charge is -2.02. The average Bonchev–Trinajstić information content (AvgIpc) is 2.89. The zero-order valence-corrected chi connectivity index (χ0v) is 13.6. The zero-order valence-electron chi connectivity index (χ0n) is 10.4. The van der Waals surface area contributed by atoms with Gasteiger partial charge < -0.3 is 10.8 Å². The second-order valence-electron chi connectivity index (χ2n) is 4.38. The molecule has 0 unspecified atom stereocenters. The van der Waals surface area contributed by atoms with Crippen LogP contribution in [-0.4, -0.2) is 20.9 Å². The van der Waals surface area contributed by atoms with Crippen LogP contribution < -0.4 is 5.73 Å². The lowest BCUT2D eigenvalue weighted by atomic mass is 10.1. The summed E-state index contributed by atoms with van der Waals surface area (Å²) in [5.74, 6) is 0.300. The Morgan fingerprint density at radius 2 is 2.00 bits per heavy atom. The molecule has 0 saturated carbocycles. The van der Waals surface area contributed by atoms with Crippen molar-refractivity contribution in [3.05, 3.63) is 32.3 Å². The van der Waals surface area contributed by atoms with Gasteiger partial charge in [-0.1, -0.05) is 0 Å².